The lowest BCUT2D eigenvalue weighted by atomic mass is 10.0. The number of hydrogen-bond donors (Lipinski definition) is 2. The van der Waals surface area contributed by atoms with Crippen molar-refractivity contribution in [3.63, 3.8) is 0 Å². The molecule has 10 heteroatoms. The van der Waals surface area contributed by atoms with Crippen molar-refractivity contribution in [2.75, 3.05) is 45.3 Å². The molecule has 1 fully saturated rings. The molecule has 1 heterocycles. The SMILES string of the molecule is CN(C(=O)c1c(C=O)cccc1NCCOCCOCCC=O)C1CCC(=O)NC1=O. The van der Waals surface area contributed by atoms with Gasteiger partial charge in [0.2, 0.25) is 11.8 Å². The van der Waals surface area contributed by atoms with Crippen molar-refractivity contribution >= 4 is 36.0 Å². The third-order valence-electron chi connectivity index (χ3n) is 4.75. The van der Waals surface area contributed by atoms with E-state index in [2.05, 4.69) is 10.6 Å². The quantitative estimate of drug-likeness (QED) is 0.260. The zero-order valence-corrected chi connectivity index (χ0v) is 17.4. The molecule has 0 aliphatic carbocycles. The van der Waals surface area contributed by atoms with Crippen LogP contribution in [0.5, 0.6) is 0 Å². The number of carbonyl (C=O) groups excluding carboxylic acids is 5. The zero-order valence-electron chi connectivity index (χ0n) is 17.4. The van der Waals surface area contributed by atoms with Gasteiger partial charge in [-0.15, -0.1) is 0 Å². The molecule has 1 atom stereocenters. The summed E-state index contributed by atoms with van der Waals surface area (Å²) in [6.07, 6.45) is 2.09. The van der Waals surface area contributed by atoms with Crippen LogP contribution in [0.25, 0.3) is 0 Å². The lowest BCUT2D eigenvalue weighted by molar-refractivity contribution is -0.136. The summed E-state index contributed by atoms with van der Waals surface area (Å²) >= 11 is 0. The molecule has 0 spiro atoms. The first kappa shape index (κ1) is 24.2. The number of carbonyl (C=O) groups is 5. The fraction of sp³-hybridized carbons (Fsp3) is 0.476. The molecule has 2 rings (SSSR count). The van der Waals surface area contributed by atoms with Crippen LogP contribution < -0.4 is 10.6 Å². The van der Waals surface area contributed by atoms with Crippen molar-refractivity contribution in [2.45, 2.75) is 25.3 Å². The number of nitrogens with one attached hydrogen (secondary N) is 2. The zero-order chi connectivity index (χ0) is 22.6. The number of benzene rings is 1. The van der Waals surface area contributed by atoms with Crippen LogP contribution in [0.4, 0.5) is 5.69 Å². The maximum atomic E-state index is 13.1. The van der Waals surface area contributed by atoms with Crippen molar-refractivity contribution in [3.8, 4) is 0 Å². The average Bonchev–Trinajstić information content (AvgIpc) is 2.76. The molecule has 0 aromatic heterocycles. The van der Waals surface area contributed by atoms with Crippen LogP contribution in [0, 0.1) is 0 Å². The lowest BCUT2D eigenvalue weighted by Gasteiger charge is -2.30. The first-order valence-electron chi connectivity index (χ1n) is 10.0. The fourth-order valence-electron chi connectivity index (χ4n) is 3.14. The summed E-state index contributed by atoms with van der Waals surface area (Å²) in [7, 11) is 1.47. The molecule has 31 heavy (non-hydrogen) atoms. The van der Waals surface area contributed by atoms with E-state index >= 15 is 0 Å². The molecule has 0 radical (unpaired) electrons. The van der Waals surface area contributed by atoms with E-state index in [0.717, 1.165) is 6.29 Å². The number of aldehydes is 2. The van der Waals surface area contributed by atoms with Crippen LogP contribution in [0.2, 0.25) is 0 Å². The lowest BCUT2D eigenvalue weighted by Crippen LogP contribution is -2.53. The van der Waals surface area contributed by atoms with Gasteiger partial charge in [-0.3, -0.25) is 24.5 Å². The van der Waals surface area contributed by atoms with Gasteiger partial charge in [0.1, 0.15) is 12.3 Å². The highest BCUT2D eigenvalue weighted by Gasteiger charge is 2.34. The monoisotopic (exact) mass is 433 g/mol. The molecular formula is C21H27N3O7. The Bertz CT molecular complexity index is 812. The smallest absolute Gasteiger partial charge is 0.257 e. The maximum Gasteiger partial charge on any atom is 0.257 e. The first-order chi connectivity index (χ1) is 15.0. The van der Waals surface area contributed by atoms with E-state index in [-0.39, 0.29) is 29.9 Å². The van der Waals surface area contributed by atoms with Crippen LogP contribution in [0.15, 0.2) is 18.2 Å². The summed E-state index contributed by atoms with van der Waals surface area (Å²) in [6.45, 7) is 1.79. The van der Waals surface area contributed by atoms with Gasteiger partial charge in [-0.2, -0.15) is 0 Å². The minimum atomic E-state index is -0.791. The second-order valence-corrected chi connectivity index (χ2v) is 6.88. The second-order valence-electron chi connectivity index (χ2n) is 6.88. The molecule has 3 amide bonds. The van der Waals surface area contributed by atoms with E-state index in [1.807, 2.05) is 0 Å². The van der Waals surface area contributed by atoms with Crippen LogP contribution >= 0.6 is 0 Å². The van der Waals surface area contributed by atoms with E-state index in [1.165, 1.54) is 18.0 Å². The van der Waals surface area contributed by atoms with Gasteiger partial charge in [0.05, 0.1) is 32.0 Å². The van der Waals surface area contributed by atoms with Crippen LogP contribution in [0.1, 0.15) is 40.0 Å². The molecule has 1 unspecified atom stereocenters. The number of likely N-dealkylation sites (N-methyl/N-ethyl adjacent to an activating group) is 1. The molecule has 1 aliphatic rings. The fourth-order valence-corrected chi connectivity index (χ4v) is 3.14. The van der Waals surface area contributed by atoms with Crippen LogP contribution in [-0.2, 0) is 23.9 Å². The van der Waals surface area contributed by atoms with Gasteiger partial charge >= 0.3 is 0 Å². The number of rotatable bonds is 13. The number of hydrogen-bond acceptors (Lipinski definition) is 8. The average molecular weight is 433 g/mol. The van der Waals surface area contributed by atoms with E-state index in [4.69, 9.17) is 9.47 Å². The van der Waals surface area contributed by atoms with Gasteiger partial charge in [0, 0.05) is 37.7 Å². The topological polar surface area (TPSA) is 131 Å². The van der Waals surface area contributed by atoms with Gasteiger partial charge in [0.25, 0.3) is 5.91 Å². The van der Waals surface area contributed by atoms with Crippen molar-refractivity contribution in [2.24, 2.45) is 0 Å². The highest BCUT2D eigenvalue weighted by molar-refractivity contribution is 6.08. The van der Waals surface area contributed by atoms with Gasteiger partial charge < -0.3 is 24.5 Å². The summed E-state index contributed by atoms with van der Waals surface area (Å²) in [5, 5.41) is 5.31. The van der Waals surface area contributed by atoms with E-state index < -0.39 is 17.9 Å². The van der Waals surface area contributed by atoms with E-state index in [0.29, 0.717) is 51.4 Å². The Hall–Kier alpha value is -3.11. The molecule has 10 nitrogen and oxygen atoms in total. The first-order valence-corrected chi connectivity index (χ1v) is 10.0. The minimum Gasteiger partial charge on any atom is -0.382 e. The summed E-state index contributed by atoms with van der Waals surface area (Å²) in [5.41, 5.74) is 0.792. The van der Waals surface area contributed by atoms with Crippen LogP contribution in [0.3, 0.4) is 0 Å². The predicted octanol–water partition coefficient (Wildman–Crippen LogP) is 0.410. The molecule has 168 valence electrons. The van der Waals surface area contributed by atoms with Crippen LogP contribution in [-0.4, -0.2) is 81.3 Å². The molecule has 0 saturated carbocycles. The molecule has 2 N–H and O–H groups in total. The number of imide groups is 1. The molecule has 0 bridgehead atoms. The standard InChI is InChI=1S/C21H27N3O7/c1-24(17-6-7-18(27)23-20(17)28)21(29)19-15(14-26)4-2-5-16(19)22-8-11-31-13-12-30-10-3-9-25/h2,4-5,9,14,17,22H,3,6-8,10-13H2,1H3,(H,23,27,28). The Morgan fingerprint density at radius 2 is 1.94 bits per heavy atom. The molecule has 1 aromatic carbocycles. The third kappa shape index (κ3) is 6.97. The summed E-state index contributed by atoms with van der Waals surface area (Å²) < 4.78 is 10.6. The van der Waals surface area contributed by atoms with Gasteiger partial charge in [-0.1, -0.05) is 12.1 Å². The van der Waals surface area contributed by atoms with Gasteiger partial charge in [-0.25, -0.2) is 0 Å². The number of ether oxygens (including phenoxy) is 2. The number of anilines is 1. The maximum absolute atomic E-state index is 13.1. The second kappa shape index (κ2) is 12.6. The number of nitrogens with zero attached hydrogens (tertiary/aromatic N) is 1. The Labute approximate surface area is 180 Å². The summed E-state index contributed by atoms with van der Waals surface area (Å²) in [6, 6.07) is 4.05. The van der Waals surface area contributed by atoms with Crippen molar-refractivity contribution in [1.82, 2.24) is 10.2 Å². The largest absolute Gasteiger partial charge is 0.382 e. The number of amides is 3. The molecule has 1 saturated heterocycles. The predicted molar refractivity (Wildman–Crippen MR) is 111 cm³/mol. The molecular weight excluding hydrogens is 406 g/mol. The summed E-state index contributed by atoms with van der Waals surface area (Å²) in [4.78, 5) is 59.6. The highest BCUT2D eigenvalue weighted by Crippen LogP contribution is 2.23. The minimum absolute atomic E-state index is 0.144. The Kier molecular flexibility index (Phi) is 9.79. The Balaban J connectivity index is 1.97. The Morgan fingerprint density at radius 3 is 2.61 bits per heavy atom. The van der Waals surface area contributed by atoms with Gasteiger partial charge in [-0.05, 0) is 12.5 Å². The molecule has 1 aliphatic heterocycles. The highest BCUT2D eigenvalue weighted by atomic mass is 16.5. The van der Waals surface area contributed by atoms with Crippen molar-refractivity contribution in [1.29, 1.82) is 0 Å². The third-order valence-corrected chi connectivity index (χ3v) is 4.75. The molecule has 1 aromatic rings. The van der Waals surface area contributed by atoms with E-state index in [9.17, 15) is 24.0 Å². The summed E-state index contributed by atoms with van der Waals surface area (Å²) in [5.74, 6) is -1.40. The van der Waals surface area contributed by atoms with Crippen molar-refractivity contribution < 1.29 is 33.4 Å². The van der Waals surface area contributed by atoms with Gasteiger partial charge in [0.15, 0.2) is 6.29 Å². The Morgan fingerprint density at radius 1 is 1.19 bits per heavy atom. The van der Waals surface area contributed by atoms with E-state index in [1.54, 1.807) is 12.1 Å². The van der Waals surface area contributed by atoms with Crippen molar-refractivity contribution in [3.05, 3.63) is 29.3 Å². The normalized spacial score (nSPS) is 15.8. The number of piperidine rings is 1.